The van der Waals surface area contributed by atoms with E-state index in [1.54, 1.807) is 0 Å². The van der Waals surface area contributed by atoms with Gasteiger partial charge in [-0.3, -0.25) is 0 Å². The van der Waals surface area contributed by atoms with Gasteiger partial charge < -0.3 is 8.80 Å². The smallest absolute Gasteiger partial charge is 0.160 e. The quantitative estimate of drug-likeness (QED) is 0.179. The molecule has 258 valence electrons. The molecule has 0 N–H and O–H groups in total. The first-order valence-corrected chi connectivity index (χ1v) is 19.2. The van der Waals surface area contributed by atoms with Crippen LogP contribution in [0.25, 0.3) is 121 Å². The van der Waals surface area contributed by atoms with E-state index in [9.17, 15) is 0 Å². The zero-order chi connectivity index (χ0) is 36.5. The second-order valence-electron chi connectivity index (χ2n) is 14.9. The topological polar surface area (TPSA) is 34.6 Å². The summed E-state index contributed by atoms with van der Waals surface area (Å²) in [6.45, 7) is 0. The molecule has 0 radical (unpaired) electrons. The number of para-hydroxylation sites is 2. The molecule has 13 rings (SSSR count). The van der Waals surface area contributed by atoms with Gasteiger partial charge in [0.05, 0.1) is 44.3 Å². The Kier molecular flexibility index (Phi) is 5.86. The summed E-state index contributed by atoms with van der Waals surface area (Å²) >= 11 is 0. The Labute approximate surface area is 320 Å². The third kappa shape index (κ3) is 3.92. The van der Waals surface area contributed by atoms with E-state index in [1.165, 1.54) is 65.2 Å². The molecule has 9 aromatic carbocycles. The van der Waals surface area contributed by atoms with Crippen molar-refractivity contribution >= 4 is 97.9 Å². The third-order valence-electron chi connectivity index (χ3n) is 12.0. The summed E-state index contributed by atoms with van der Waals surface area (Å²) in [6, 6.07) is 66.0. The van der Waals surface area contributed by atoms with E-state index in [0.29, 0.717) is 5.82 Å². The summed E-state index contributed by atoms with van der Waals surface area (Å²) in [5, 5.41) is 13.4. The average molecular weight is 711 g/mol. The molecule has 0 bridgehead atoms. The van der Waals surface area contributed by atoms with Crippen LogP contribution in [0.4, 0.5) is 0 Å². The highest BCUT2D eigenvalue weighted by Crippen LogP contribution is 2.45. The molecule has 13 aromatic rings. The third-order valence-corrected chi connectivity index (χ3v) is 12.0. The second kappa shape index (κ2) is 11.0. The van der Waals surface area contributed by atoms with Crippen molar-refractivity contribution in [2.45, 2.75) is 0 Å². The van der Waals surface area contributed by atoms with Gasteiger partial charge in [0.1, 0.15) is 0 Å². The molecule has 0 aliphatic heterocycles. The van der Waals surface area contributed by atoms with Crippen LogP contribution in [0.2, 0.25) is 0 Å². The normalized spacial score (nSPS) is 12.3. The van der Waals surface area contributed by atoms with Crippen LogP contribution in [-0.4, -0.2) is 18.8 Å². The minimum atomic E-state index is 0.707. The predicted molar refractivity (Wildman–Crippen MR) is 235 cm³/mol. The molecule has 0 saturated carbocycles. The molecule has 0 fully saturated rings. The van der Waals surface area contributed by atoms with Gasteiger partial charge in [0, 0.05) is 48.8 Å². The average Bonchev–Trinajstić information content (AvgIpc) is 3.79. The minimum absolute atomic E-state index is 0.707. The Morgan fingerprint density at radius 2 is 0.857 bits per heavy atom. The lowest BCUT2D eigenvalue weighted by atomic mass is 10.0. The fraction of sp³-hybridized carbons (Fsp3) is 0. The van der Waals surface area contributed by atoms with Crippen molar-refractivity contribution in [3.8, 4) is 22.6 Å². The number of hydrogen-bond donors (Lipinski definition) is 0. The number of aromatic nitrogens is 4. The molecular formula is C52H30N4. The molecule has 0 atom stereocenters. The van der Waals surface area contributed by atoms with Crippen molar-refractivity contribution in [1.82, 2.24) is 18.8 Å². The molecule has 0 aliphatic carbocycles. The van der Waals surface area contributed by atoms with E-state index in [2.05, 4.69) is 185 Å². The van der Waals surface area contributed by atoms with Gasteiger partial charge >= 0.3 is 0 Å². The van der Waals surface area contributed by atoms with Crippen LogP contribution >= 0.6 is 0 Å². The van der Waals surface area contributed by atoms with Crippen LogP contribution in [0.3, 0.4) is 0 Å². The summed E-state index contributed by atoms with van der Waals surface area (Å²) in [7, 11) is 0. The first kappa shape index (κ1) is 29.8. The Hall–Kier alpha value is -7.56. The molecular weight excluding hydrogens is 681 g/mol. The number of rotatable bonds is 2. The largest absolute Gasteiger partial charge is 0.307 e. The summed E-state index contributed by atoms with van der Waals surface area (Å²) in [6.07, 6.45) is 0. The van der Waals surface area contributed by atoms with Gasteiger partial charge in [-0.1, -0.05) is 140 Å². The molecule has 0 saturated heterocycles. The Morgan fingerprint density at radius 1 is 0.321 bits per heavy atom. The van der Waals surface area contributed by atoms with Crippen LogP contribution in [0.5, 0.6) is 0 Å². The van der Waals surface area contributed by atoms with Crippen molar-refractivity contribution in [3.63, 3.8) is 0 Å². The van der Waals surface area contributed by atoms with Gasteiger partial charge in [0.2, 0.25) is 0 Å². The van der Waals surface area contributed by atoms with E-state index >= 15 is 0 Å². The lowest BCUT2D eigenvalue weighted by molar-refractivity contribution is 1.23. The van der Waals surface area contributed by atoms with Gasteiger partial charge in [-0.15, -0.1) is 0 Å². The van der Waals surface area contributed by atoms with Crippen molar-refractivity contribution in [2.24, 2.45) is 0 Å². The lowest BCUT2D eigenvalue weighted by Crippen LogP contribution is -1.97. The molecule has 0 spiro atoms. The standard InChI is InChI=1S/C52H30N4/c1-2-14-33(15-3-1)49-38-19-8-10-20-42(38)53-52(54-49)34-24-27-44-41(30-34)37-18-9-11-21-43(37)55-45-28-22-31-12-4-6-16-35(31)47(45)39-25-26-40-48-36-17-7-5-13-32(36)23-29-46(48)56(44)51(40)50(39)55/h1-30H. The van der Waals surface area contributed by atoms with E-state index in [1.807, 2.05) is 6.07 Å². The molecule has 56 heavy (non-hydrogen) atoms. The van der Waals surface area contributed by atoms with Crippen LogP contribution < -0.4 is 0 Å². The van der Waals surface area contributed by atoms with Gasteiger partial charge in [-0.2, -0.15) is 0 Å². The molecule has 4 heteroatoms. The maximum absolute atomic E-state index is 5.31. The fourth-order valence-corrected chi connectivity index (χ4v) is 9.64. The number of nitrogens with zero attached hydrogens (tertiary/aromatic N) is 4. The monoisotopic (exact) mass is 710 g/mol. The van der Waals surface area contributed by atoms with E-state index in [-0.39, 0.29) is 0 Å². The summed E-state index contributed by atoms with van der Waals surface area (Å²) in [5.74, 6) is 0.707. The Balaban J connectivity index is 1.27. The molecule has 0 aliphatic rings. The SMILES string of the molecule is c1ccc(-c2nc(-c3ccc4c(c3)c3ccccc3n3c5ccc6ccccc6c5c5ccc6c7c8ccccc8ccc7n4c6c53)nc3ccccc23)cc1. The lowest BCUT2D eigenvalue weighted by Gasteiger charge is -2.13. The molecule has 0 unspecified atom stereocenters. The summed E-state index contributed by atoms with van der Waals surface area (Å²) in [4.78, 5) is 10.5. The highest BCUT2D eigenvalue weighted by molar-refractivity contribution is 6.32. The van der Waals surface area contributed by atoms with Crippen molar-refractivity contribution in [2.75, 3.05) is 0 Å². The summed E-state index contributed by atoms with van der Waals surface area (Å²) in [5.41, 5.74) is 11.0. The van der Waals surface area contributed by atoms with Gasteiger partial charge in [-0.05, 0) is 64.0 Å². The highest BCUT2D eigenvalue weighted by atomic mass is 15.0. The van der Waals surface area contributed by atoms with Gasteiger partial charge in [0.15, 0.2) is 5.82 Å². The van der Waals surface area contributed by atoms with Crippen LogP contribution in [0.15, 0.2) is 182 Å². The summed E-state index contributed by atoms with van der Waals surface area (Å²) < 4.78 is 5.06. The number of hydrogen-bond acceptors (Lipinski definition) is 2. The van der Waals surface area contributed by atoms with Gasteiger partial charge in [0.25, 0.3) is 0 Å². The van der Waals surface area contributed by atoms with Crippen LogP contribution in [0, 0.1) is 0 Å². The Morgan fingerprint density at radius 3 is 1.54 bits per heavy atom. The second-order valence-corrected chi connectivity index (χ2v) is 14.9. The molecule has 4 aromatic heterocycles. The first-order valence-electron chi connectivity index (χ1n) is 19.2. The molecule has 0 amide bonds. The van der Waals surface area contributed by atoms with Crippen LogP contribution in [0.1, 0.15) is 0 Å². The van der Waals surface area contributed by atoms with Gasteiger partial charge in [-0.25, -0.2) is 9.97 Å². The molecule has 4 nitrogen and oxygen atoms in total. The Bertz CT molecular complexity index is 3820. The number of benzene rings is 9. The number of fused-ring (bicyclic) bond motifs is 16. The molecule has 4 heterocycles. The van der Waals surface area contributed by atoms with E-state index in [4.69, 9.17) is 9.97 Å². The highest BCUT2D eigenvalue weighted by Gasteiger charge is 2.23. The maximum Gasteiger partial charge on any atom is 0.160 e. The fourth-order valence-electron chi connectivity index (χ4n) is 9.64. The van der Waals surface area contributed by atoms with Crippen molar-refractivity contribution < 1.29 is 0 Å². The zero-order valence-corrected chi connectivity index (χ0v) is 30.1. The van der Waals surface area contributed by atoms with Crippen molar-refractivity contribution in [1.29, 1.82) is 0 Å². The zero-order valence-electron chi connectivity index (χ0n) is 30.1. The van der Waals surface area contributed by atoms with E-state index in [0.717, 1.165) is 49.5 Å². The minimum Gasteiger partial charge on any atom is -0.307 e. The first-order chi connectivity index (χ1) is 27.8. The van der Waals surface area contributed by atoms with Crippen LogP contribution in [-0.2, 0) is 0 Å². The maximum atomic E-state index is 5.31. The van der Waals surface area contributed by atoms with E-state index < -0.39 is 0 Å². The van der Waals surface area contributed by atoms with Crippen molar-refractivity contribution in [3.05, 3.63) is 182 Å². The predicted octanol–water partition coefficient (Wildman–Crippen LogP) is 13.5.